The van der Waals surface area contributed by atoms with Crippen LogP contribution in [0.25, 0.3) is 5.76 Å². The summed E-state index contributed by atoms with van der Waals surface area (Å²) in [5.41, 5.74) is 0.221. The van der Waals surface area contributed by atoms with Gasteiger partial charge in [0.05, 0.1) is 14.2 Å². The predicted octanol–water partition coefficient (Wildman–Crippen LogP) is 1.68. The number of hydrogen-bond acceptors (Lipinski definition) is 8. The van der Waals surface area contributed by atoms with Crippen molar-refractivity contribution in [3.05, 3.63) is 35.9 Å². The maximum Gasteiger partial charge on any atom is 0.322 e. The highest BCUT2D eigenvalue weighted by Gasteiger charge is 2.22. The summed E-state index contributed by atoms with van der Waals surface area (Å²) >= 11 is 0. The fourth-order valence-electron chi connectivity index (χ4n) is 2.09. The molecule has 24 heavy (non-hydrogen) atoms. The monoisotopic (exact) mass is 333 g/mol. The number of nitrogens with one attached hydrogen (secondary N) is 1. The molecule has 2 heterocycles. The molecule has 3 rings (SSSR count). The average Bonchev–Trinajstić information content (AvgIpc) is 3.10. The van der Waals surface area contributed by atoms with Crippen LogP contribution < -0.4 is 14.8 Å². The molecule has 2 aromatic rings. The maximum atomic E-state index is 12.5. The van der Waals surface area contributed by atoms with Crippen LogP contribution in [-0.2, 0) is 9.47 Å². The van der Waals surface area contributed by atoms with Gasteiger partial charge in [-0.05, 0) is 12.1 Å². The van der Waals surface area contributed by atoms with Gasteiger partial charge in [0.2, 0.25) is 5.76 Å². The highest BCUT2D eigenvalue weighted by Crippen LogP contribution is 2.29. The zero-order chi connectivity index (χ0) is 16.9. The lowest BCUT2D eigenvalue weighted by Gasteiger charge is -2.12. The molecule has 0 saturated carbocycles. The Balaban J connectivity index is 1.81. The molecule has 0 unspecified atom stereocenters. The van der Waals surface area contributed by atoms with E-state index in [1.54, 1.807) is 18.2 Å². The first kappa shape index (κ1) is 15.7. The standard InChI is InChI=1S/C15H15N3O6/c1-20-9-4-3-5-10(21-2)12(9)13(19)16-15-18-17-14(24-15)11-8-22-6-7-23-11/h3-5,8H,6-7H2,1-2H3,(H,16,18,19). The van der Waals surface area contributed by atoms with Gasteiger partial charge in [-0.15, -0.1) is 5.10 Å². The Hall–Kier alpha value is -3.23. The number of carbonyl (C=O) groups excluding carboxylic acids is 1. The van der Waals surface area contributed by atoms with Crippen LogP contribution in [0.3, 0.4) is 0 Å². The second kappa shape index (κ2) is 6.90. The summed E-state index contributed by atoms with van der Waals surface area (Å²) in [6.07, 6.45) is 1.38. The number of benzene rings is 1. The Bertz CT molecular complexity index is 748. The second-order valence-electron chi connectivity index (χ2n) is 4.61. The van der Waals surface area contributed by atoms with Crippen molar-refractivity contribution in [1.29, 1.82) is 0 Å². The molecule has 1 aliphatic heterocycles. The second-order valence-corrected chi connectivity index (χ2v) is 4.61. The van der Waals surface area contributed by atoms with E-state index in [0.29, 0.717) is 30.5 Å². The summed E-state index contributed by atoms with van der Waals surface area (Å²) in [5, 5.41) is 10.1. The van der Waals surface area contributed by atoms with E-state index in [2.05, 4.69) is 15.5 Å². The van der Waals surface area contributed by atoms with Gasteiger partial charge < -0.3 is 23.4 Å². The van der Waals surface area contributed by atoms with E-state index in [-0.39, 0.29) is 17.5 Å². The molecule has 9 nitrogen and oxygen atoms in total. The molecule has 0 spiro atoms. The predicted molar refractivity (Wildman–Crippen MR) is 81.7 cm³/mol. The summed E-state index contributed by atoms with van der Waals surface area (Å²) < 4.78 is 26.2. The molecule has 0 radical (unpaired) electrons. The first-order chi connectivity index (χ1) is 11.7. The number of rotatable bonds is 5. The van der Waals surface area contributed by atoms with Crippen molar-refractivity contribution in [1.82, 2.24) is 10.2 Å². The van der Waals surface area contributed by atoms with Gasteiger partial charge in [0.1, 0.15) is 36.5 Å². The number of aromatic nitrogens is 2. The van der Waals surface area contributed by atoms with Gasteiger partial charge in [0, 0.05) is 0 Å². The van der Waals surface area contributed by atoms with Crippen LogP contribution in [0.1, 0.15) is 16.2 Å². The smallest absolute Gasteiger partial charge is 0.322 e. The Morgan fingerprint density at radius 2 is 1.92 bits per heavy atom. The minimum atomic E-state index is -0.505. The Labute approximate surface area is 137 Å². The molecule has 1 aromatic heterocycles. The van der Waals surface area contributed by atoms with Gasteiger partial charge in [-0.3, -0.25) is 10.1 Å². The Kier molecular flexibility index (Phi) is 4.50. The van der Waals surface area contributed by atoms with E-state index >= 15 is 0 Å². The van der Waals surface area contributed by atoms with Crippen LogP contribution in [0, 0.1) is 0 Å². The molecule has 0 aliphatic carbocycles. The fourth-order valence-corrected chi connectivity index (χ4v) is 2.09. The van der Waals surface area contributed by atoms with Crippen LogP contribution in [0.15, 0.2) is 28.9 Å². The molecular formula is C15H15N3O6. The highest BCUT2D eigenvalue weighted by atomic mass is 16.6. The molecule has 0 bridgehead atoms. The lowest BCUT2D eigenvalue weighted by atomic mass is 10.1. The number of methoxy groups -OCH3 is 2. The molecule has 0 saturated heterocycles. The minimum Gasteiger partial charge on any atom is -0.496 e. The van der Waals surface area contributed by atoms with E-state index < -0.39 is 5.91 Å². The van der Waals surface area contributed by atoms with Crippen LogP contribution >= 0.6 is 0 Å². The molecule has 1 aliphatic rings. The molecule has 0 atom stereocenters. The van der Waals surface area contributed by atoms with E-state index in [9.17, 15) is 4.79 Å². The lowest BCUT2D eigenvalue weighted by Crippen LogP contribution is -2.14. The molecule has 1 N–H and O–H groups in total. The SMILES string of the molecule is COc1cccc(OC)c1C(=O)Nc1nnc(C2=COCCO2)o1. The molecule has 1 amide bonds. The Morgan fingerprint density at radius 3 is 2.54 bits per heavy atom. The maximum absolute atomic E-state index is 12.5. The van der Waals surface area contributed by atoms with E-state index in [0.717, 1.165) is 0 Å². The number of carbonyl (C=O) groups is 1. The van der Waals surface area contributed by atoms with Crippen molar-refractivity contribution in [3.8, 4) is 11.5 Å². The van der Waals surface area contributed by atoms with Gasteiger partial charge >= 0.3 is 6.01 Å². The van der Waals surface area contributed by atoms with Gasteiger partial charge in [-0.2, -0.15) is 0 Å². The van der Waals surface area contributed by atoms with Crippen LogP contribution in [0.4, 0.5) is 6.01 Å². The number of hydrogen-bond donors (Lipinski definition) is 1. The number of anilines is 1. The highest BCUT2D eigenvalue weighted by molar-refractivity contribution is 6.07. The molecule has 126 valence electrons. The van der Waals surface area contributed by atoms with Crippen LogP contribution in [0.2, 0.25) is 0 Å². The molecular weight excluding hydrogens is 318 g/mol. The zero-order valence-electron chi connectivity index (χ0n) is 13.1. The first-order valence-corrected chi connectivity index (χ1v) is 7.03. The van der Waals surface area contributed by atoms with Crippen molar-refractivity contribution < 1.29 is 28.2 Å². The van der Waals surface area contributed by atoms with Gasteiger partial charge in [-0.25, -0.2) is 0 Å². The first-order valence-electron chi connectivity index (χ1n) is 7.03. The van der Waals surface area contributed by atoms with Gasteiger partial charge in [0.25, 0.3) is 11.8 Å². The third kappa shape index (κ3) is 3.09. The van der Waals surface area contributed by atoms with Crippen molar-refractivity contribution >= 4 is 17.7 Å². The van der Waals surface area contributed by atoms with E-state index in [4.69, 9.17) is 23.4 Å². The lowest BCUT2D eigenvalue weighted by molar-refractivity contribution is 0.101. The molecule has 9 heteroatoms. The summed E-state index contributed by atoms with van der Waals surface area (Å²) in [5.74, 6) is 0.632. The van der Waals surface area contributed by atoms with Gasteiger partial charge in [0.15, 0.2) is 0 Å². The number of amides is 1. The Morgan fingerprint density at radius 1 is 1.17 bits per heavy atom. The van der Waals surface area contributed by atoms with Crippen molar-refractivity contribution in [3.63, 3.8) is 0 Å². The summed E-state index contributed by atoms with van der Waals surface area (Å²) in [4.78, 5) is 12.5. The normalized spacial score (nSPS) is 13.3. The van der Waals surface area contributed by atoms with Crippen molar-refractivity contribution in [2.45, 2.75) is 0 Å². The minimum absolute atomic E-state index is 0.0852. The quantitative estimate of drug-likeness (QED) is 0.881. The van der Waals surface area contributed by atoms with Crippen LogP contribution in [-0.4, -0.2) is 43.5 Å². The van der Waals surface area contributed by atoms with Crippen LogP contribution in [0.5, 0.6) is 11.5 Å². The summed E-state index contributed by atoms with van der Waals surface area (Å²) in [6.45, 7) is 0.836. The largest absolute Gasteiger partial charge is 0.496 e. The summed E-state index contributed by atoms with van der Waals surface area (Å²) in [6, 6.07) is 4.92. The van der Waals surface area contributed by atoms with Gasteiger partial charge in [-0.1, -0.05) is 11.2 Å². The number of nitrogens with zero attached hydrogens (tertiary/aromatic N) is 2. The third-order valence-electron chi connectivity index (χ3n) is 3.16. The molecule has 1 aromatic carbocycles. The van der Waals surface area contributed by atoms with Crippen molar-refractivity contribution in [2.75, 3.05) is 32.8 Å². The van der Waals surface area contributed by atoms with E-state index in [1.807, 2.05) is 0 Å². The van der Waals surface area contributed by atoms with E-state index in [1.165, 1.54) is 20.5 Å². The van der Waals surface area contributed by atoms with Crippen molar-refractivity contribution in [2.24, 2.45) is 0 Å². The number of ether oxygens (including phenoxy) is 4. The topological polar surface area (TPSA) is 105 Å². The third-order valence-corrected chi connectivity index (χ3v) is 3.16. The molecule has 0 fully saturated rings. The zero-order valence-corrected chi connectivity index (χ0v) is 13.1. The fraction of sp³-hybridized carbons (Fsp3) is 0.267. The average molecular weight is 333 g/mol. The summed E-state index contributed by atoms with van der Waals surface area (Å²) in [7, 11) is 2.92.